The number of rotatable bonds is 4. The van der Waals surface area contributed by atoms with Gasteiger partial charge >= 0.3 is 0 Å². The van der Waals surface area contributed by atoms with Crippen LogP contribution >= 0.6 is 0 Å². The van der Waals surface area contributed by atoms with Crippen molar-refractivity contribution in [1.29, 1.82) is 0 Å². The molecule has 2 nitrogen and oxygen atoms in total. The fourth-order valence-electron chi connectivity index (χ4n) is 1.85. The number of alkyl halides is 2. The molecule has 0 spiro atoms. The fourth-order valence-corrected chi connectivity index (χ4v) is 1.85. The van der Waals surface area contributed by atoms with E-state index >= 15 is 0 Å². The molecule has 1 radical (unpaired) electrons. The highest BCUT2D eigenvalue weighted by Gasteiger charge is 2.15. The van der Waals surface area contributed by atoms with E-state index in [1.807, 2.05) is 0 Å². The van der Waals surface area contributed by atoms with Crippen molar-refractivity contribution in [2.75, 3.05) is 0 Å². The van der Waals surface area contributed by atoms with Gasteiger partial charge in [0.1, 0.15) is 12.3 Å². The van der Waals surface area contributed by atoms with Gasteiger partial charge in [0.25, 0.3) is 6.43 Å². The molecule has 1 aliphatic carbocycles. The summed E-state index contributed by atoms with van der Waals surface area (Å²) in [6.07, 6.45) is 4.90. The molecule has 1 saturated carbocycles. The SMILES string of the molecule is FC(F)c1ccc(/[C]=N/OC2CCCC2)cc1. The molecule has 0 N–H and O–H groups in total. The van der Waals surface area contributed by atoms with Crippen LogP contribution in [0.15, 0.2) is 29.4 Å². The quantitative estimate of drug-likeness (QED) is 0.577. The minimum absolute atomic E-state index is 0.00672. The van der Waals surface area contributed by atoms with Crippen molar-refractivity contribution in [1.82, 2.24) is 0 Å². The zero-order chi connectivity index (χ0) is 12.1. The van der Waals surface area contributed by atoms with Crippen LogP contribution in [0.4, 0.5) is 8.78 Å². The average molecular weight is 238 g/mol. The highest BCUT2D eigenvalue weighted by atomic mass is 19.3. The van der Waals surface area contributed by atoms with E-state index in [-0.39, 0.29) is 11.7 Å². The molecule has 0 aliphatic heterocycles. The maximum Gasteiger partial charge on any atom is 0.263 e. The third-order valence-electron chi connectivity index (χ3n) is 2.84. The molecule has 0 amide bonds. The zero-order valence-corrected chi connectivity index (χ0v) is 9.40. The summed E-state index contributed by atoms with van der Waals surface area (Å²) in [5.41, 5.74) is 0.652. The van der Waals surface area contributed by atoms with Crippen LogP contribution < -0.4 is 0 Å². The van der Waals surface area contributed by atoms with Crippen LogP contribution in [0.5, 0.6) is 0 Å². The second-order valence-corrected chi connectivity index (χ2v) is 4.14. The predicted molar refractivity (Wildman–Crippen MR) is 61.3 cm³/mol. The lowest BCUT2D eigenvalue weighted by Crippen LogP contribution is -2.02. The molecule has 4 heteroatoms. The molecule has 17 heavy (non-hydrogen) atoms. The fraction of sp³-hybridized carbons (Fsp3) is 0.462. The van der Waals surface area contributed by atoms with Crippen LogP contribution in [0, 0.1) is 0 Å². The summed E-state index contributed by atoms with van der Waals surface area (Å²) in [7, 11) is 0. The Hall–Kier alpha value is -1.45. The topological polar surface area (TPSA) is 21.6 Å². The van der Waals surface area contributed by atoms with Gasteiger partial charge in [0, 0.05) is 11.1 Å². The van der Waals surface area contributed by atoms with Crippen molar-refractivity contribution in [3.05, 3.63) is 35.4 Å². The third-order valence-corrected chi connectivity index (χ3v) is 2.84. The van der Waals surface area contributed by atoms with E-state index in [0.717, 1.165) is 12.8 Å². The second kappa shape index (κ2) is 5.75. The van der Waals surface area contributed by atoms with E-state index in [2.05, 4.69) is 11.4 Å². The molecule has 1 aromatic carbocycles. The molecule has 0 aromatic heterocycles. The Kier molecular flexibility index (Phi) is 4.07. The van der Waals surface area contributed by atoms with Crippen molar-refractivity contribution in [3.63, 3.8) is 0 Å². The minimum atomic E-state index is -2.43. The van der Waals surface area contributed by atoms with Gasteiger partial charge in [-0.2, -0.15) is 0 Å². The Morgan fingerprint density at radius 1 is 1.18 bits per heavy atom. The van der Waals surface area contributed by atoms with Gasteiger partial charge in [-0.15, -0.1) is 0 Å². The molecule has 0 atom stereocenters. The molecular formula is C13H14F2NO. The van der Waals surface area contributed by atoms with Crippen LogP contribution in [0.3, 0.4) is 0 Å². The first-order valence-corrected chi connectivity index (χ1v) is 5.75. The maximum absolute atomic E-state index is 12.3. The van der Waals surface area contributed by atoms with Crippen molar-refractivity contribution < 1.29 is 13.6 Å². The monoisotopic (exact) mass is 238 g/mol. The lowest BCUT2D eigenvalue weighted by molar-refractivity contribution is 0.0657. The van der Waals surface area contributed by atoms with E-state index < -0.39 is 6.43 Å². The Morgan fingerprint density at radius 3 is 2.41 bits per heavy atom. The third kappa shape index (κ3) is 3.51. The standard InChI is InChI=1S/C13H14F2NO/c14-13(15)11-7-5-10(6-8-11)9-16-17-12-3-1-2-4-12/h5-8,12-13H,1-4H2. The summed E-state index contributed by atoms with van der Waals surface area (Å²) in [4.78, 5) is 5.25. The lowest BCUT2D eigenvalue weighted by Gasteiger charge is -2.04. The number of halogens is 2. The van der Waals surface area contributed by atoms with Gasteiger partial charge in [0.05, 0.1) is 0 Å². The summed E-state index contributed by atoms with van der Waals surface area (Å²) in [5, 5.41) is 3.76. The molecule has 91 valence electrons. The predicted octanol–water partition coefficient (Wildman–Crippen LogP) is 3.79. The molecule has 1 aliphatic rings. The first kappa shape index (κ1) is 12.0. The highest BCUT2D eigenvalue weighted by Crippen LogP contribution is 2.21. The molecule has 2 rings (SSSR count). The van der Waals surface area contributed by atoms with Crippen LogP contribution in [0.1, 0.15) is 43.2 Å². The highest BCUT2D eigenvalue weighted by molar-refractivity contribution is 5.79. The summed E-state index contributed by atoms with van der Waals surface area (Å²) < 4.78 is 24.6. The van der Waals surface area contributed by atoms with Crippen molar-refractivity contribution in [2.45, 2.75) is 38.2 Å². The number of benzene rings is 1. The smallest absolute Gasteiger partial charge is 0.263 e. The van der Waals surface area contributed by atoms with Crippen molar-refractivity contribution in [2.24, 2.45) is 5.16 Å². The first-order valence-electron chi connectivity index (χ1n) is 5.75. The zero-order valence-electron chi connectivity index (χ0n) is 9.40. The first-order chi connectivity index (χ1) is 8.25. The molecule has 0 saturated heterocycles. The second-order valence-electron chi connectivity index (χ2n) is 4.14. The summed E-state index contributed by atoms with van der Waals surface area (Å²) in [6.45, 7) is 0. The Morgan fingerprint density at radius 2 is 1.82 bits per heavy atom. The van der Waals surface area contributed by atoms with Gasteiger partial charge in [-0.3, -0.25) is 0 Å². The Balaban J connectivity index is 1.87. The largest absolute Gasteiger partial charge is 0.392 e. The van der Waals surface area contributed by atoms with Gasteiger partial charge in [0.15, 0.2) is 0 Å². The normalized spacial score (nSPS) is 17.1. The molecule has 0 bridgehead atoms. The summed E-state index contributed by atoms with van der Waals surface area (Å²) in [6, 6.07) is 5.86. The van der Waals surface area contributed by atoms with Crippen LogP contribution in [-0.2, 0) is 4.84 Å². The number of hydrogen-bond donors (Lipinski definition) is 0. The van der Waals surface area contributed by atoms with Gasteiger partial charge in [-0.25, -0.2) is 8.78 Å². The van der Waals surface area contributed by atoms with Crippen LogP contribution in [0.25, 0.3) is 0 Å². The number of hydrogen-bond acceptors (Lipinski definition) is 2. The van der Waals surface area contributed by atoms with Crippen LogP contribution in [0.2, 0.25) is 0 Å². The van der Waals surface area contributed by atoms with Gasteiger partial charge < -0.3 is 4.84 Å². The van der Waals surface area contributed by atoms with Gasteiger partial charge in [-0.05, 0) is 25.7 Å². The van der Waals surface area contributed by atoms with Crippen LogP contribution in [-0.4, -0.2) is 12.3 Å². The molecule has 0 unspecified atom stereocenters. The van der Waals surface area contributed by atoms with E-state index in [9.17, 15) is 8.78 Å². The summed E-state index contributed by atoms with van der Waals surface area (Å²) >= 11 is 0. The molecule has 0 heterocycles. The van der Waals surface area contributed by atoms with Crippen molar-refractivity contribution in [3.8, 4) is 0 Å². The Labute approximate surface area is 99.3 Å². The minimum Gasteiger partial charge on any atom is -0.392 e. The molecule has 1 fully saturated rings. The number of nitrogens with zero attached hydrogens (tertiary/aromatic N) is 1. The van der Waals surface area contributed by atoms with Gasteiger partial charge in [0.2, 0.25) is 0 Å². The summed E-state index contributed by atoms with van der Waals surface area (Å²) in [5.74, 6) is 0. The molecule has 1 aromatic rings. The van der Waals surface area contributed by atoms with Crippen molar-refractivity contribution >= 4 is 6.21 Å². The Bertz CT molecular complexity index is 370. The van der Waals surface area contributed by atoms with E-state index in [4.69, 9.17) is 4.84 Å². The molecular weight excluding hydrogens is 224 g/mol. The maximum atomic E-state index is 12.3. The van der Waals surface area contributed by atoms with Gasteiger partial charge in [-0.1, -0.05) is 29.4 Å². The van der Waals surface area contributed by atoms with E-state index in [1.54, 1.807) is 12.1 Å². The van der Waals surface area contributed by atoms with E-state index in [1.165, 1.54) is 25.0 Å². The average Bonchev–Trinajstić information content (AvgIpc) is 2.83. The van der Waals surface area contributed by atoms with E-state index in [0.29, 0.717) is 5.56 Å². The lowest BCUT2D eigenvalue weighted by atomic mass is 10.1.